The summed E-state index contributed by atoms with van der Waals surface area (Å²) >= 11 is 0. The van der Waals surface area contributed by atoms with Gasteiger partial charge in [-0.25, -0.2) is 9.97 Å². The van der Waals surface area contributed by atoms with E-state index in [4.69, 9.17) is 15.0 Å². The zero-order valence-corrected chi connectivity index (χ0v) is 35.1. The molecule has 0 saturated carbocycles. The van der Waals surface area contributed by atoms with Gasteiger partial charge in [0.1, 0.15) is 11.6 Å². The molecule has 8 aromatic carbocycles. The van der Waals surface area contributed by atoms with E-state index in [0.29, 0.717) is 0 Å². The van der Waals surface area contributed by atoms with Crippen molar-refractivity contribution in [2.24, 2.45) is 0 Å². The van der Waals surface area contributed by atoms with Crippen LogP contribution < -0.4 is 4.98 Å². The number of rotatable bonds is 7. The Morgan fingerprint density at radius 2 is 1.25 bits per heavy atom. The number of fused-ring (bicyclic) bond motifs is 7. The molecule has 6 heteroatoms. The fourth-order valence-electron chi connectivity index (χ4n) is 9.10. The Hall–Kier alpha value is -7.33. The van der Waals surface area contributed by atoms with Gasteiger partial charge >= 0.3 is 21.1 Å². The monoisotopic (exact) mass is 960 g/mol. The number of aromatic nitrogens is 5. The van der Waals surface area contributed by atoms with Crippen LogP contribution >= 0.6 is 0 Å². The molecule has 0 N–H and O–H groups in total. The standard InChI is InChI=1S/C55H35N5.Pt/c1-4-16-36(17-5-1)32-37-33-46(38-18-6-2-7-19-38)52-44-30-29-39(35-49(44)60(50(52)34-37)51-28-12-13-31-56-51)41-23-15-27-48-54(41)58-55(59(48)40-20-8-3-9-21-40)45-25-14-24-43-42-22-10-11-26-47(42)57-53(43)45;/h1-31,33-34H,32H2;/q-2;+2. The van der Waals surface area contributed by atoms with Crippen LogP contribution in [0.1, 0.15) is 11.1 Å². The Kier molecular flexibility index (Phi) is 9.06. The quantitative estimate of drug-likeness (QED) is 0.150. The molecule has 4 aromatic heterocycles. The van der Waals surface area contributed by atoms with E-state index < -0.39 is 0 Å². The van der Waals surface area contributed by atoms with E-state index in [1.807, 2.05) is 18.3 Å². The Balaban J connectivity index is 0.00000420. The maximum absolute atomic E-state index is 5.55. The normalized spacial score (nSPS) is 11.5. The summed E-state index contributed by atoms with van der Waals surface area (Å²) in [5.41, 5.74) is 14.8. The van der Waals surface area contributed by atoms with Gasteiger partial charge < -0.3 is 9.55 Å². The van der Waals surface area contributed by atoms with Crippen LogP contribution in [0.2, 0.25) is 0 Å². The van der Waals surface area contributed by atoms with Crippen molar-refractivity contribution in [1.29, 1.82) is 0 Å². The molecule has 12 rings (SSSR count). The van der Waals surface area contributed by atoms with Gasteiger partial charge in [0.05, 0.1) is 11.0 Å². The fraction of sp³-hybridized carbons (Fsp3) is 0.0182. The summed E-state index contributed by atoms with van der Waals surface area (Å²) in [6.07, 6.45) is 2.68. The first-order valence-corrected chi connectivity index (χ1v) is 20.3. The van der Waals surface area contributed by atoms with Crippen molar-refractivity contribution >= 4 is 54.6 Å². The molecule has 0 atom stereocenters. The van der Waals surface area contributed by atoms with Crippen molar-refractivity contribution < 1.29 is 21.1 Å². The molecule has 5 nitrogen and oxygen atoms in total. The molecule has 0 spiro atoms. The summed E-state index contributed by atoms with van der Waals surface area (Å²) in [6, 6.07) is 72.4. The minimum atomic E-state index is 0. The zero-order chi connectivity index (χ0) is 39.6. The minimum absolute atomic E-state index is 0. The van der Waals surface area contributed by atoms with E-state index in [9.17, 15) is 0 Å². The molecule has 0 fully saturated rings. The first-order valence-electron chi connectivity index (χ1n) is 20.3. The molecular formula is C55H35N5Pt. The molecule has 290 valence electrons. The maximum Gasteiger partial charge on any atom is 2.00 e. The molecule has 0 aliphatic heterocycles. The summed E-state index contributed by atoms with van der Waals surface area (Å²) in [5, 5.41) is 4.57. The summed E-state index contributed by atoms with van der Waals surface area (Å²) < 4.78 is 4.56. The van der Waals surface area contributed by atoms with Crippen molar-refractivity contribution in [3.63, 3.8) is 0 Å². The van der Waals surface area contributed by atoms with Crippen molar-refractivity contribution in [3.8, 4) is 45.1 Å². The summed E-state index contributed by atoms with van der Waals surface area (Å²) in [6.45, 7) is 0. The van der Waals surface area contributed by atoms with Crippen LogP contribution in [-0.4, -0.2) is 19.1 Å². The van der Waals surface area contributed by atoms with Crippen LogP contribution in [0.25, 0.3) is 99.8 Å². The molecule has 0 saturated heterocycles. The molecule has 4 heterocycles. The van der Waals surface area contributed by atoms with Crippen LogP contribution in [0.15, 0.2) is 200 Å². The average molecular weight is 961 g/mol. The van der Waals surface area contributed by atoms with Crippen molar-refractivity contribution in [2.45, 2.75) is 6.42 Å². The van der Waals surface area contributed by atoms with Gasteiger partial charge in [-0.1, -0.05) is 157 Å². The Morgan fingerprint density at radius 3 is 2.07 bits per heavy atom. The van der Waals surface area contributed by atoms with Gasteiger partial charge in [-0.2, -0.15) is 0 Å². The summed E-state index contributed by atoms with van der Waals surface area (Å²) in [5.74, 6) is 1.69. The van der Waals surface area contributed by atoms with Gasteiger partial charge in [0.15, 0.2) is 0 Å². The molecule has 0 aliphatic rings. The van der Waals surface area contributed by atoms with Gasteiger partial charge in [-0.3, -0.25) is 4.57 Å². The predicted molar refractivity (Wildman–Crippen MR) is 246 cm³/mol. The smallest absolute Gasteiger partial charge is 0.656 e. The fourth-order valence-corrected chi connectivity index (χ4v) is 9.10. The summed E-state index contributed by atoms with van der Waals surface area (Å²) in [4.78, 5) is 15.6. The number of nitrogens with zero attached hydrogens (tertiary/aromatic N) is 5. The van der Waals surface area contributed by atoms with Crippen LogP contribution in [0.4, 0.5) is 0 Å². The number of para-hydroxylation sites is 4. The molecule has 0 bridgehead atoms. The van der Waals surface area contributed by atoms with Crippen molar-refractivity contribution in [3.05, 3.63) is 218 Å². The summed E-state index contributed by atoms with van der Waals surface area (Å²) in [7, 11) is 0. The Labute approximate surface area is 366 Å². The third kappa shape index (κ3) is 6.12. The Bertz CT molecular complexity index is 3550. The van der Waals surface area contributed by atoms with E-state index in [-0.39, 0.29) is 21.1 Å². The van der Waals surface area contributed by atoms with E-state index in [1.165, 1.54) is 27.6 Å². The van der Waals surface area contributed by atoms with E-state index in [1.54, 1.807) is 0 Å². The van der Waals surface area contributed by atoms with Gasteiger partial charge in [0.25, 0.3) is 0 Å². The third-order valence-electron chi connectivity index (χ3n) is 11.7. The SMILES string of the molecule is [Pt+2].[c-]1c(-c2cccc3c2nc(-c2cccc4c2[n-]c2ccccc24)n3-c2ccccc2)ccc2c3c(-c4ccccc4)cc(Cc4ccccc4)cc3n(-c3ccccn3)c12. The van der Waals surface area contributed by atoms with E-state index in [2.05, 4.69) is 197 Å². The molecular weight excluding hydrogens is 926 g/mol. The zero-order valence-electron chi connectivity index (χ0n) is 32.8. The molecule has 12 aromatic rings. The van der Waals surface area contributed by atoms with E-state index >= 15 is 0 Å². The first-order chi connectivity index (χ1) is 29.8. The number of imidazole rings is 1. The Morgan fingerprint density at radius 1 is 0.525 bits per heavy atom. The number of benzene rings is 8. The molecule has 0 aliphatic carbocycles. The predicted octanol–water partition coefficient (Wildman–Crippen LogP) is 13.2. The molecule has 0 radical (unpaired) electrons. The van der Waals surface area contributed by atoms with Crippen molar-refractivity contribution in [2.75, 3.05) is 0 Å². The maximum atomic E-state index is 5.55. The number of pyridine rings is 1. The van der Waals surface area contributed by atoms with E-state index in [0.717, 1.165) is 89.7 Å². The second kappa shape index (κ2) is 15.0. The van der Waals surface area contributed by atoms with Gasteiger partial charge in [0, 0.05) is 23.0 Å². The third-order valence-corrected chi connectivity index (χ3v) is 11.7. The van der Waals surface area contributed by atoms with Gasteiger partial charge in [-0.05, 0) is 86.7 Å². The number of hydrogen-bond donors (Lipinski definition) is 0. The largest absolute Gasteiger partial charge is 2.00 e. The van der Waals surface area contributed by atoms with Crippen LogP contribution in [0.5, 0.6) is 0 Å². The average Bonchev–Trinajstić information content (AvgIpc) is 4.00. The second-order valence-electron chi connectivity index (χ2n) is 15.3. The van der Waals surface area contributed by atoms with Gasteiger partial charge in [-0.15, -0.1) is 34.8 Å². The minimum Gasteiger partial charge on any atom is -0.656 e. The van der Waals surface area contributed by atoms with Crippen LogP contribution in [0, 0.1) is 6.07 Å². The van der Waals surface area contributed by atoms with Crippen LogP contribution in [0.3, 0.4) is 0 Å². The molecule has 0 unspecified atom stereocenters. The van der Waals surface area contributed by atoms with Gasteiger partial charge in [0.2, 0.25) is 0 Å². The molecule has 0 amide bonds. The van der Waals surface area contributed by atoms with Crippen molar-refractivity contribution in [1.82, 2.24) is 24.1 Å². The molecule has 61 heavy (non-hydrogen) atoms. The van der Waals surface area contributed by atoms with Crippen LogP contribution in [-0.2, 0) is 27.5 Å². The second-order valence-corrected chi connectivity index (χ2v) is 15.3. The first kappa shape index (κ1) is 36.7. The number of hydrogen-bond acceptors (Lipinski definition) is 2. The topological polar surface area (TPSA) is 49.7 Å².